The molecule has 2 heterocycles. The van der Waals surface area contributed by atoms with Gasteiger partial charge in [-0.05, 0) is 25.0 Å². The zero-order valence-electron chi connectivity index (χ0n) is 10.1. The van der Waals surface area contributed by atoms with Crippen molar-refractivity contribution in [3.8, 4) is 0 Å². The molecule has 1 saturated carbocycles. The molecule has 94 valence electrons. The lowest BCUT2D eigenvalue weighted by atomic mass is 10.2. The van der Waals surface area contributed by atoms with Gasteiger partial charge in [0.15, 0.2) is 0 Å². The van der Waals surface area contributed by atoms with Crippen LogP contribution in [-0.2, 0) is 11.2 Å². The number of pyridine rings is 1. The number of carbonyl (C=O) groups is 1. The van der Waals surface area contributed by atoms with E-state index in [1.165, 1.54) is 0 Å². The summed E-state index contributed by atoms with van der Waals surface area (Å²) in [6.45, 7) is 0.585. The van der Waals surface area contributed by atoms with Crippen LogP contribution < -0.4 is 11.1 Å². The topological polar surface area (TPSA) is 72.4 Å². The molecule has 0 unspecified atom stereocenters. The predicted molar refractivity (Wildman–Crippen MR) is 68.1 cm³/mol. The number of carbonyl (C=O) groups excluding carboxylic acids is 1. The minimum Gasteiger partial charge on any atom is -0.354 e. The largest absolute Gasteiger partial charge is 0.354 e. The van der Waals surface area contributed by atoms with Crippen molar-refractivity contribution in [2.45, 2.75) is 24.8 Å². The number of nitrogens with one attached hydrogen (secondary N) is 1. The second-order valence-corrected chi connectivity index (χ2v) is 4.86. The van der Waals surface area contributed by atoms with E-state index in [4.69, 9.17) is 5.73 Å². The number of imidazole rings is 1. The summed E-state index contributed by atoms with van der Waals surface area (Å²) in [4.78, 5) is 16.1. The van der Waals surface area contributed by atoms with Crippen LogP contribution in [0, 0.1) is 0 Å². The molecule has 0 aromatic carbocycles. The van der Waals surface area contributed by atoms with Gasteiger partial charge in [-0.15, -0.1) is 0 Å². The summed E-state index contributed by atoms with van der Waals surface area (Å²) in [5.41, 5.74) is 7.12. The van der Waals surface area contributed by atoms with Gasteiger partial charge in [0.05, 0.1) is 11.2 Å². The Morgan fingerprint density at radius 2 is 2.33 bits per heavy atom. The number of fused-ring (bicyclic) bond motifs is 1. The minimum absolute atomic E-state index is 0.0359. The van der Waals surface area contributed by atoms with E-state index in [1.807, 2.05) is 35.0 Å². The average molecular weight is 244 g/mol. The molecule has 1 aliphatic carbocycles. The quantitative estimate of drug-likeness (QED) is 0.822. The van der Waals surface area contributed by atoms with E-state index in [0.29, 0.717) is 6.54 Å². The highest BCUT2D eigenvalue weighted by Crippen LogP contribution is 2.31. The van der Waals surface area contributed by atoms with E-state index in [2.05, 4.69) is 10.3 Å². The lowest BCUT2D eigenvalue weighted by molar-refractivity contribution is -0.123. The SMILES string of the molecule is NC1(C(=O)NCCc2cn3ccccc3n2)CC1. The maximum atomic E-state index is 11.6. The Kier molecular flexibility index (Phi) is 2.56. The van der Waals surface area contributed by atoms with Crippen molar-refractivity contribution < 1.29 is 4.79 Å². The zero-order chi connectivity index (χ0) is 12.6. The summed E-state index contributed by atoms with van der Waals surface area (Å²) in [5.74, 6) is -0.0359. The van der Waals surface area contributed by atoms with Gasteiger partial charge in [-0.2, -0.15) is 0 Å². The molecule has 0 aliphatic heterocycles. The molecule has 1 fully saturated rings. The van der Waals surface area contributed by atoms with Gasteiger partial charge in [0.25, 0.3) is 0 Å². The van der Waals surface area contributed by atoms with Crippen LogP contribution in [0.4, 0.5) is 0 Å². The number of amides is 1. The molecule has 3 N–H and O–H groups in total. The van der Waals surface area contributed by atoms with E-state index in [1.54, 1.807) is 0 Å². The van der Waals surface area contributed by atoms with Crippen molar-refractivity contribution in [1.82, 2.24) is 14.7 Å². The smallest absolute Gasteiger partial charge is 0.240 e. The van der Waals surface area contributed by atoms with E-state index in [-0.39, 0.29) is 5.91 Å². The van der Waals surface area contributed by atoms with E-state index in [9.17, 15) is 4.79 Å². The predicted octanol–water partition coefficient (Wildman–Crippen LogP) is 0.484. The Balaban J connectivity index is 1.58. The van der Waals surface area contributed by atoms with Crippen LogP contribution in [0.1, 0.15) is 18.5 Å². The number of nitrogens with two attached hydrogens (primary N) is 1. The first-order chi connectivity index (χ1) is 8.67. The van der Waals surface area contributed by atoms with Crippen LogP contribution in [0.3, 0.4) is 0 Å². The first kappa shape index (κ1) is 11.2. The van der Waals surface area contributed by atoms with Crippen LogP contribution in [0.25, 0.3) is 5.65 Å². The number of aromatic nitrogens is 2. The summed E-state index contributed by atoms with van der Waals surface area (Å²) in [5, 5.41) is 2.86. The number of rotatable bonds is 4. The van der Waals surface area contributed by atoms with Gasteiger partial charge < -0.3 is 15.5 Å². The van der Waals surface area contributed by atoms with Crippen molar-refractivity contribution in [2.24, 2.45) is 5.73 Å². The first-order valence-electron chi connectivity index (χ1n) is 6.17. The molecular formula is C13H16N4O. The molecule has 5 nitrogen and oxygen atoms in total. The molecule has 0 spiro atoms. The number of hydrogen-bond acceptors (Lipinski definition) is 3. The highest BCUT2D eigenvalue weighted by Gasteiger charge is 2.45. The normalized spacial score (nSPS) is 16.7. The van der Waals surface area contributed by atoms with Gasteiger partial charge in [0, 0.05) is 25.4 Å². The lowest BCUT2D eigenvalue weighted by Crippen LogP contribution is -2.43. The average Bonchev–Trinajstić information content (AvgIpc) is 2.99. The Morgan fingerprint density at radius 3 is 3.06 bits per heavy atom. The van der Waals surface area contributed by atoms with Gasteiger partial charge in [-0.1, -0.05) is 6.07 Å². The highest BCUT2D eigenvalue weighted by molar-refractivity contribution is 5.88. The van der Waals surface area contributed by atoms with Crippen molar-refractivity contribution in [3.63, 3.8) is 0 Å². The summed E-state index contributed by atoms with van der Waals surface area (Å²) >= 11 is 0. The van der Waals surface area contributed by atoms with Gasteiger partial charge >= 0.3 is 0 Å². The molecular weight excluding hydrogens is 228 g/mol. The van der Waals surface area contributed by atoms with Crippen molar-refractivity contribution >= 4 is 11.6 Å². The second-order valence-electron chi connectivity index (χ2n) is 4.86. The Labute approximate surface area is 105 Å². The third kappa shape index (κ3) is 2.09. The zero-order valence-corrected chi connectivity index (χ0v) is 10.1. The Hall–Kier alpha value is -1.88. The van der Waals surface area contributed by atoms with E-state index < -0.39 is 5.54 Å². The Bertz CT molecular complexity index is 552. The van der Waals surface area contributed by atoms with Gasteiger partial charge in [0.2, 0.25) is 5.91 Å². The third-order valence-electron chi connectivity index (χ3n) is 3.32. The lowest BCUT2D eigenvalue weighted by Gasteiger charge is -2.08. The van der Waals surface area contributed by atoms with Crippen molar-refractivity contribution in [2.75, 3.05) is 6.54 Å². The standard InChI is InChI=1S/C13H16N4O/c14-13(5-6-13)12(18)15-7-4-10-9-17-8-2-1-3-11(17)16-10/h1-3,8-9H,4-7,14H2,(H,15,18). The van der Waals surface area contributed by atoms with Crippen LogP contribution in [0.2, 0.25) is 0 Å². The molecule has 3 rings (SSSR count). The van der Waals surface area contributed by atoms with E-state index >= 15 is 0 Å². The summed E-state index contributed by atoms with van der Waals surface area (Å²) in [6.07, 6.45) is 6.27. The third-order valence-corrected chi connectivity index (χ3v) is 3.32. The second kappa shape index (κ2) is 4.10. The fourth-order valence-electron chi connectivity index (χ4n) is 1.95. The molecule has 2 aromatic heterocycles. The van der Waals surface area contributed by atoms with Crippen molar-refractivity contribution in [1.29, 1.82) is 0 Å². The summed E-state index contributed by atoms with van der Waals surface area (Å²) < 4.78 is 1.97. The van der Waals surface area contributed by atoms with Crippen LogP contribution in [0.5, 0.6) is 0 Å². The van der Waals surface area contributed by atoms with Gasteiger partial charge in [0.1, 0.15) is 5.65 Å². The number of nitrogens with zero attached hydrogens (tertiary/aromatic N) is 2. The molecule has 2 aromatic rings. The van der Waals surface area contributed by atoms with Crippen molar-refractivity contribution in [3.05, 3.63) is 36.3 Å². The molecule has 0 saturated heterocycles. The van der Waals surface area contributed by atoms with Crippen LogP contribution in [-0.4, -0.2) is 27.4 Å². The molecule has 0 atom stereocenters. The molecule has 5 heteroatoms. The van der Waals surface area contributed by atoms with Gasteiger partial charge in [-0.25, -0.2) is 4.98 Å². The van der Waals surface area contributed by atoms with Crippen LogP contribution in [0.15, 0.2) is 30.6 Å². The van der Waals surface area contributed by atoms with Crippen LogP contribution >= 0.6 is 0 Å². The maximum Gasteiger partial charge on any atom is 0.240 e. The Morgan fingerprint density at radius 1 is 1.50 bits per heavy atom. The fourth-order valence-corrected chi connectivity index (χ4v) is 1.95. The molecule has 1 aliphatic rings. The number of hydrogen-bond donors (Lipinski definition) is 2. The molecule has 1 amide bonds. The summed E-state index contributed by atoms with van der Waals surface area (Å²) in [6, 6.07) is 5.88. The minimum atomic E-state index is -0.584. The molecule has 0 bridgehead atoms. The molecule has 18 heavy (non-hydrogen) atoms. The molecule has 0 radical (unpaired) electrons. The van der Waals surface area contributed by atoms with E-state index in [0.717, 1.165) is 30.6 Å². The highest BCUT2D eigenvalue weighted by atomic mass is 16.2. The van der Waals surface area contributed by atoms with Gasteiger partial charge in [-0.3, -0.25) is 4.79 Å². The maximum absolute atomic E-state index is 11.6. The monoisotopic (exact) mass is 244 g/mol. The first-order valence-corrected chi connectivity index (χ1v) is 6.17. The summed E-state index contributed by atoms with van der Waals surface area (Å²) in [7, 11) is 0. The fraction of sp³-hybridized carbons (Fsp3) is 0.385.